The highest BCUT2D eigenvalue weighted by Crippen LogP contribution is 2.67. The molecule has 0 bridgehead atoms. The Morgan fingerprint density at radius 3 is 2.94 bits per heavy atom. The Balaban J connectivity index is 1.49. The standard InChI is InChI=1S/C20H20BrClN6O3/c1-23-18(31)20-6-11(20)13(14(29)15(20)30)28-8-25-12-16(26-19(22)27-17(12)28)24-7-9-3-2-4-10(21)5-9/h2-5,8,11,13-15,29-30H,6-7H2,1H3,(H,23,31)(H,24,26,27)/t11-,13+,14-,15-,20+/m0/s1. The average molecular weight is 508 g/mol. The van der Waals surface area contributed by atoms with Crippen molar-refractivity contribution in [1.82, 2.24) is 24.8 Å². The van der Waals surface area contributed by atoms with Crippen LogP contribution >= 0.6 is 27.5 Å². The molecule has 2 aliphatic carbocycles. The largest absolute Gasteiger partial charge is 0.389 e. The fourth-order valence-corrected chi connectivity index (χ4v) is 5.46. The molecular formula is C20H20BrClN6O3. The van der Waals surface area contributed by atoms with E-state index >= 15 is 0 Å². The fourth-order valence-electron chi connectivity index (χ4n) is 4.85. The number of benzene rings is 1. The van der Waals surface area contributed by atoms with E-state index in [9.17, 15) is 15.0 Å². The van der Waals surface area contributed by atoms with Crippen LogP contribution in [0, 0.1) is 11.3 Å². The summed E-state index contributed by atoms with van der Waals surface area (Å²) in [6.45, 7) is 0.502. The molecule has 1 amide bonds. The topological polar surface area (TPSA) is 125 Å². The predicted octanol–water partition coefficient (Wildman–Crippen LogP) is 1.88. The molecule has 5 rings (SSSR count). The maximum atomic E-state index is 12.4. The Morgan fingerprint density at radius 1 is 1.39 bits per heavy atom. The van der Waals surface area contributed by atoms with Crippen LogP contribution in [0.4, 0.5) is 5.82 Å². The molecule has 0 aliphatic heterocycles. The predicted molar refractivity (Wildman–Crippen MR) is 117 cm³/mol. The Labute approximate surface area is 191 Å². The van der Waals surface area contributed by atoms with Crippen molar-refractivity contribution in [2.75, 3.05) is 12.4 Å². The lowest BCUT2D eigenvalue weighted by atomic mass is 9.98. The zero-order valence-corrected chi connectivity index (χ0v) is 18.8. The van der Waals surface area contributed by atoms with Crippen LogP contribution in [0.15, 0.2) is 35.1 Å². The average Bonchev–Trinajstić information content (AvgIpc) is 3.29. The SMILES string of the molecule is CNC(=O)[C@]12C[C@H]1[C@@H](n1cnc3c(NCc4cccc(Br)c4)nc(Cl)nc31)[C@H](O)[C@@H]2O. The van der Waals surface area contributed by atoms with Gasteiger partial charge in [0, 0.05) is 24.0 Å². The number of nitrogens with zero attached hydrogens (tertiary/aromatic N) is 4. The number of fused-ring (bicyclic) bond motifs is 2. The number of aliphatic hydroxyl groups is 2. The van der Waals surface area contributed by atoms with E-state index < -0.39 is 23.7 Å². The molecule has 0 spiro atoms. The lowest BCUT2D eigenvalue weighted by molar-refractivity contribution is -0.132. The lowest BCUT2D eigenvalue weighted by Gasteiger charge is -2.23. The molecule has 4 N–H and O–H groups in total. The Morgan fingerprint density at radius 2 is 2.19 bits per heavy atom. The number of carbonyl (C=O) groups excluding carboxylic acids is 1. The number of carbonyl (C=O) groups is 1. The van der Waals surface area contributed by atoms with Gasteiger partial charge < -0.3 is 25.4 Å². The van der Waals surface area contributed by atoms with Gasteiger partial charge in [0.25, 0.3) is 0 Å². The number of amides is 1. The summed E-state index contributed by atoms with van der Waals surface area (Å²) < 4.78 is 2.67. The third-order valence-electron chi connectivity index (χ3n) is 6.39. The molecule has 162 valence electrons. The maximum absolute atomic E-state index is 12.4. The van der Waals surface area contributed by atoms with Gasteiger partial charge in [0.2, 0.25) is 11.2 Å². The van der Waals surface area contributed by atoms with Crippen molar-refractivity contribution in [1.29, 1.82) is 0 Å². The van der Waals surface area contributed by atoms with Crippen molar-refractivity contribution in [3.63, 3.8) is 0 Å². The van der Waals surface area contributed by atoms with Crippen LogP contribution in [-0.4, -0.2) is 54.9 Å². The van der Waals surface area contributed by atoms with Crippen molar-refractivity contribution in [2.24, 2.45) is 11.3 Å². The molecular weight excluding hydrogens is 488 g/mol. The normalized spacial score (nSPS) is 29.1. The zero-order valence-electron chi connectivity index (χ0n) is 16.5. The first-order valence-corrected chi connectivity index (χ1v) is 11.0. The summed E-state index contributed by atoms with van der Waals surface area (Å²) in [5.41, 5.74) is 1.000. The van der Waals surface area contributed by atoms with Crippen molar-refractivity contribution in [3.8, 4) is 0 Å². The summed E-state index contributed by atoms with van der Waals surface area (Å²) in [5, 5.41) is 27.2. The molecule has 31 heavy (non-hydrogen) atoms. The quantitative estimate of drug-likeness (QED) is 0.389. The zero-order chi connectivity index (χ0) is 21.9. The molecule has 5 atom stereocenters. The molecule has 11 heteroatoms. The molecule has 2 aliphatic rings. The fraction of sp³-hybridized carbons (Fsp3) is 0.400. The van der Waals surface area contributed by atoms with Gasteiger partial charge in [-0.1, -0.05) is 28.1 Å². The smallest absolute Gasteiger partial charge is 0.229 e. The molecule has 9 nitrogen and oxygen atoms in total. The summed E-state index contributed by atoms with van der Waals surface area (Å²) in [5.74, 6) is -0.0169. The monoisotopic (exact) mass is 506 g/mol. The highest BCUT2D eigenvalue weighted by atomic mass is 79.9. The number of halogens is 2. The Hall–Kier alpha value is -2.27. The third-order valence-corrected chi connectivity index (χ3v) is 7.05. The van der Waals surface area contributed by atoms with Crippen LogP contribution in [0.3, 0.4) is 0 Å². The highest BCUT2D eigenvalue weighted by Gasteiger charge is 2.75. The van der Waals surface area contributed by atoms with Crippen LogP contribution in [0.1, 0.15) is 18.0 Å². The number of aromatic nitrogens is 4. The molecule has 0 unspecified atom stereocenters. The van der Waals surface area contributed by atoms with E-state index in [0.29, 0.717) is 29.9 Å². The molecule has 2 saturated carbocycles. The van der Waals surface area contributed by atoms with E-state index in [2.05, 4.69) is 41.5 Å². The minimum atomic E-state index is -1.16. The number of aliphatic hydroxyl groups excluding tert-OH is 2. The van der Waals surface area contributed by atoms with Crippen LogP contribution in [-0.2, 0) is 11.3 Å². The second-order valence-electron chi connectivity index (χ2n) is 8.00. The molecule has 2 fully saturated rings. The first-order chi connectivity index (χ1) is 14.9. The minimum absolute atomic E-state index is 0.0346. The second-order valence-corrected chi connectivity index (χ2v) is 9.26. The van der Waals surface area contributed by atoms with Crippen molar-refractivity contribution >= 4 is 50.4 Å². The van der Waals surface area contributed by atoms with Crippen molar-refractivity contribution in [3.05, 3.63) is 45.9 Å². The van der Waals surface area contributed by atoms with Gasteiger partial charge in [-0.3, -0.25) is 4.79 Å². The number of hydrogen-bond donors (Lipinski definition) is 4. The molecule has 0 saturated heterocycles. The van der Waals surface area contributed by atoms with E-state index in [4.69, 9.17) is 11.6 Å². The van der Waals surface area contributed by atoms with Gasteiger partial charge in [0.15, 0.2) is 17.0 Å². The minimum Gasteiger partial charge on any atom is -0.389 e. The van der Waals surface area contributed by atoms with Gasteiger partial charge in [-0.2, -0.15) is 9.97 Å². The van der Waals surface area contributed by atoms with E-state index in [1.54, 1.807) is 10.9 Å². The first kappa shape index (κ1) is 20.6. The molecule has 3 aromatic rings. The summed E-state index contributed by atoms with van der Waals surface area (Å²) in [7, 11) is 1.53. The van der Waals surface area contributed by atoms with Gasteiger partial charge >= 0.3 is 0 Å². The molecule has 0 radical (unpaired) electrons. The summed E-state index contributed by atoms with van der Waals surface area (Å²) >= 11 is 9.65. The Kier molecular flexibility index (Phi) is 4.93. The molecule has 2 aromatic heterocycles. The van der Waals surface area contributed by atoms with E-state index in [-0.39, 0.29) is 17.1 Å². The number of imidazole rings is 1. The number of hydrogen-bond acceptors (Lipinski definition) is 7. The highest BCUT2D eigenvalue weighted by molar-refractivity contribution is 9.10. The van der Waals surface area contributed by atoms with Crippen LogP contribution in [0.5, 0.6) is 0 Å². The van der Waals surface area contributed by atoms with Crippen molar-refractivity contribution in [2.45, 2.75) is 31.2 Å². The van der Waals surface area contributed by atoms with Gasteiger partial charge in [0.05, 0.1) is 23.9 Å². The van der Waals surface area contributed by atoms with Gasteiger partial charge in [-0.25, -0.2) is 4.98 Å². The number of nitrogens with one attached hydrogen (secondary N) is 2. The van der Waals surface area contributed by atoms with E-state index in [0.717, 1.165) is 10.0 Å². The summed E-state index contributed by atoms with van der Waals surface area (Å²) in [6, 6.07) is 7.33. The maximum Gasteiger partial charge on any atom is 0.229 e. The van der Waals surface area contributed by atoms with Gasteiger partial charge in [0.1, 0.15) is 6.10 Å². The molecule has 1 aromatic carbocycles. The molecule has 2 heterocycles. The number of anilines is 1. The Bertz CT molecular complexity index is 1190. The van der Waals surface area contributed by atoms with Crippen molar-refractivity contribution < 1.29 is 15.0 Å². The first-order valence-electron chi connectivity index (χ1n) is 9.83. The third kappa shape index (κ3) is 3.12. The summed E-state index contributed by atoms with van der Waals surface area (Å²) in [4.78, 5) is 25.4. The van der Waals surface area contributed by atoms with E-state index in [1.165, 1.54) is 7.05 Å². The van der Waals surface area contributed by atoms with Crippen LogP contribution in [0.25, 0.3) is 11.2 Å². The van der Waals surface area contributed by atoms with E-state index in [1.807, 2.05) is 24.3 Å². The van der Waals surface area contributed by atoms with Crippen LogP contribution in [0.2, 0.25) is 5.28 Å². The lowest BCUT2D eigenvalue weighted by Crippen LogP contribution is -2.41. The van der Waals surface area contributed by atoms with Crippen LogP contribution < -0.4 is 10.6 Å². The van der Waals surface area contributed by atoms with Gasteiger partial charge in [-0.05, 0) is 35.7 Å². The second kappa shape index (κ2) is 7.40. The van der Waals surface area contributed by atoms with Gasteiger partial charge in [-0.15, -0.1) is 0 Å². The number of rotatable bonds is 5. The summed E-state index contributed by atoms with van der Waals surface area (Å²) in [6.07, 6.45) is -0.243.